The Labute approximate surface area is 82.6 Å². The molecular formula is C9H14NO4-. The number of ether oxygens (including phenoxy) is 1. The van der Waals surface area contributed by atoms with Gasteiger partial charge in [0.2, 0.25) is 0 Å². The van der Waals surface area contributed by atoms with Crippen molar-refractivity contribution in [3.63, 3.8) is 0 Å². The summed E-state index contributed by atoms with van der Waals surface area (Å²) in [6, 6.07) is 0. The largest absolute Gasteiger partial charge is 0.550 e. The molecule has 0 aromatic heterocycles. The number of nitrogens with zero attached hydrogens (tertiary/aromatic N) is 1. The summed E-state index contributed by atoms with van der Waals surface area (Å²) in [7, 11) is 0. The van der Waals surface area contributed by atoms with Crippen LogP contribution in [-0.2, 0) is 9.53 Å². The second-order valence-electron chi connectivity index (χ2n) is 3.28. The summed E-state index contributed by atoms with van der Waals surface area (Å²) >= 11 is 0. The van der Waals surface area contributed by atoms with E-state index in [0.717, 1.165) is 0 Å². The van der Waals surface area contributed by atoms with Crippen LogP contribution in [-0.4, -0.2) is 36.7 Å². The third kappa shape index (κ3) is 2.61. The molecule has 1 aliphatic rings. The van der Waals surface area contributed by atoms with E-state index in [1.165, 1.54) is 4.90 Å². The van der Waals surface area contributed by atoms with E-state index in [2.05, 4.69) is 0 Å². The molecular weight excluding hydrogens is 186 g/mol. The lowest BCUT2D eigenvalue weighted by atomic mass is 9.97. The van der Waals surface area contributed by atoms with Gasteiger partial charge < -0.3 is 19.5 Å². The summed E-state index contributed by atoms with van der Waals surface area (Å²) in [6.07, 6.45) is 0.562. The molecule has 1 aliphatic heterocycles. The molecule has 1 saturated heterocycles. The molecule has 0 radical (unpaired) electrons. The molecule has 0 spiro atoms. The molecule has 1 heterocycles. The number of rotatable bonds is 2. The number of carboxylic acids is 1. The van der Waals surface area contributed by atoms with Crippen molar-refractivity contribution in [2.24, 2.45) is 5.92 Å². The van der Waals surface area contributed by atoms with Gasteiger partial charge in [0, 0.05) is 25.0 Å². The van der Waals surface area contributed by atoms with E-state index in [1.54, 1.807) is 6.92 Å². The van der Waals surface area contributed by atoms with Crippen LogP contribution in [0.25, 0.3) is 0 Å². The van der Waals surface area contributed by atoms with E-state index in [0.29, 0.717) is 32.5 Å². The fourth-order valence-corrected chi connectivity index (χ4v) is 1.51. The number of carbonyl (C=O) groups is 2. The highest BCUT2D eigenvalue weighted by Gasteiger charge is 2.23. The van der Waals surface area contributed by atoms with Gasteiger partial charge in [-0.2, -0.15) is 0 Å². The van der Waals surface area contributed by atoms with Crippen molar-refractivity contribution in [1.82, 2.24) is 4.90 Å². The Bertz CT molecular complexity index is 221. The Morgan fingerprint density at radius 3 is 2.43 bits per heavy atom. The molecule has 1 rings (SSSR count). The minimum absolute atomic E-state index is 0.346. The van der Waals surface area contributed by atoms with Crippen molar-refractivity contribution in [2.45, 2.75) is 19.8 Å². The zero-order chi connectivity index (χ0) is 10.6. The van der Waals surface area contributed by atoms with Gasteiger partial charge in [-0.1, -0.05) is 0 Å². The van der Waals surface area contributed by atoms with Crippen LogP contribution in [0, 0.1) is 5.92 Å². The first-order valence-corrected chi connectivity index (χ1v) is 4.77. The van der Waals surface area contributed by atoms with E-state index in [9.17, 15) is 14.7 Å². The predicted molar refractivity (Wildman–Crippen MR) is 46.3 cm³/mol. The molecule has 0 atom stereocenters. The Hall–Kier alpha value is -1.26. The maximum Gasteiger partial charge on any atom is 0.409 e. The van der Waals surface area contributed by atoms with Crippen molar-refractivity contribution in [1.29, 1.82) is 0 Å². The summed E-state index contributed by atoms with van der Waals surface area (Å²) in [5.41, 5.74) is 0. The van der Waals surface area contributed by atoms with E-state index >= 15 is 0 Å². The molecule has 0 aliphatic carbocycles. The average Bonchev–Trinajstić information content (AvgIpc) is 2.18. The minimum atomic E-state index is -1.02. The van der Waals surface area contributed by atoms with Crippen LogP contribution in [0.3, 0.4) is 0 Å². The third-order valence-corrected chi connectivity index (χ3v) is 2.35. The molecule has 80 valence electrons. The van der Waals surface area contributed by atoms with Gasteiger partial charge in [0.15, 0.2) is 0 Å². The Kier molecular flexibility index (Phi) is 3.73. The summed E-state index contributed by atoms with van der Waals surface area (Å²) in [5, 5.41) is 10.5. The summed E-state index contributed by atoms with van der Waals surface area (Å²) in [5.74, 6) is -1.44. The number of carboxylic acid groups (broad SMARTS) is 1. The predicted octanol–water partition coefficient (Wildman–Crippen LogP) is -0.395. The van der Waals surface area contributed by atoms with Gasteiger partial charge >= 0.3 is 6.09 Å². The summed E-state index contributed by atoms with van der Waals surface area (Å²) in [6.45, 7) is 2.97. The second-order valence-corrected chi connectivity index (χ2v) is 3.28. The van der Waals surface area contributed by atoms with Crippen LogP contribution in [0.15, 0.2) is 0 Å². The van der Waals surface area contributed by atoms with Gasteiger partial charge in [-0.05, 0) is 19.8 Å². The van der Waals surface area contributed by atoms with Crippen LogP contribution in [0.4, 0.5) is 4.79 Å². The third-order valence-electron chi connectivity index (χ3n) is 2.35. The van der Waals surface area contributed by atoms with Crippen molar-refractivity contribution < 1.29 is 19.4 Å². The smallest absolute Gasteiger partial charge is 0.409 e. The highest BCUT2D eigenvalue weighted by atomic mass is 16.6. The van der Waals surface area contributed by atoms with Crippen molar-refractivity contribution in [3.05, 3.63) is 0 Å². The topological polar surface area (TPSA) is 69.7 Å². The SMILES string of the molecule is CCOC(=O)N1CCC(C(=O)[O-])CC1. The molecule has 5 nitrogen and oxygen atoms in total. The molecule has 5 heteroatoms. The molecule has 1 fully saturated rings. The molecule has 0 aromatic rings. The maximum atomic E-state index is 11.2. The molecule has 0 N–H and O–H groups in total. The number of piperidine rings is 1. The quantitative estimate of drug-likeness (QED) is 0.608. The van der Waals surface area contributed by atoms with Crippen molar-refractivity contribution in [2.75, 3.05) is 19.7 Å². The van der Waals surface area contributed by atoms with Gasteiger partial charge in [0.1, 0.15) is 0 Å². The van der Waals surface area contributed by atoms with E-state index in [-0.39, 0.29) is 6.09 Å². The molecule has 0 unspecified atom stereocenters. The van der Waals surface area contributed by atoms with Crippen LogP contribution in [0.2, 0.25) is 0 Å². The standard InChI is InChI=1S/C9H15NO4/c1-2-14-9(13)10-5-3-7(4-6-10)8(11)12/h7H,2-6H2,1H3,(H,11,12)/p-1. The zero-order valence-corrected chi connectivity index (χ0v) is 8.19. The number of hydrogen-bond donors (Lipinski definition) is 0. The number of hydrogen-bond acceptors (Lipinski definition) is 4. The van der Waals surface area contributed by atoms with Gasteiger partial charge in [-0.3, -0.25) is 0 Å². The van der Waals surface area contributed by atoms with Gasteiger partial charge in [0.05, 0.1) is 6.61 Å². The fraction of sp³-hybridized carbons (Fsp3) is 0.778. The van der Waals surface area contributed by atoms with E-state index in [1.807, 2.05) is 0 Å². The number of carbonyl (C=O) groups excluding carboxylic acids is 2. The summed E-state index contributed by atoms with van der Waals surface area (Å²) in [4.78, 5) is 23.3. The van der Waals surface area contributed by atoms with E-state index < -0.39 is 11.9 Å². The highest BCUT2D eigenvalue weighted by molar-refractivity contribution is 5.70. The molecule has 1 amide bonds. The highest BCUT2D eigenvalue weighted by Crippen LogP contribution is 2.16. The lowest BCUT2D eigenvalue weighted by Crippen LogP contribution is -2.43. The molecule has 14 heavy (non-hydrogen) atoms. The fourth-order valence-electron chi connectivity index (χ4n) is 1.51. The van der Waals surface area contributed by atoms with Gasteiger partial charge in [-0.25, -0.2) is 4.79 Å². The van der Waals surface area contributed by atoms with Crippen molar-refractivity contribution >= 4 is 12.1 Å². The first kappa shape index (κ1) is 10.8. The normalized spacial score (nSPS) is 17.9. The molecule has 0 aromatic carbocycles. The Balaban J connectivity index is 2.35. The Morgan fingerprint density at radius 1 is 1.43 bits per heavy atom. The lowest BCUT2D eigenvalue weighted by molar-refractivity contribution is -0.312. The maximum absolute atomic E-state index is 11.2. The van der Waals surface area contributed by atoms with Gasteiger partial charge in [0.25, 0.3) is 0 Å². The molecule has 0 bridgehead atoms. The number of amides is 1. The van der Waals surface area contributed by atoms with Gasteiger partial charge in [-0.15, -0.1) is 0 Å². The number of aliphatic carboxylic acids is 1. The van der Waals surface area contributed by atoms with Crippen LogP contribution >= 0.6 is 0 Å². The first-order valence-electron chi connectivity index (χ1n) is 4.77. The molecule has 0 saturated carbocycles. The van der Waals surface area contributed by atoms with Crippen molar-refractivity contribution in [3.8, 4) is 0 Å². The monoisotopic (exact) mass is 200 g/mol. The van der Waals surface area contributed by atoms with E-state index in [4.69, 9.17) is 4.74 Å². The van der Waals surface area contributed by atoms with Crippen LogP contribution in [0.5, 0.6) is 0 Å². The summed E-state index contributed by atoms with van der Waals surface area (Å²) < 4.78 is 4.80. The second kappa shape index (κ2) is 4.83. The minimum Gasteiger partial charge on any atom is -0.550 e. The van der Waals surface area contributed by atoms with Crippen LogP contribution in [0.1, 0.15) is 19.8 Å². The average molecular weight is 200 g/mol. The Morgan fingerprint density at radius 2 is 2.00 bits per heavy atom. The lowest BCUT2D eigenvalue weighted by Gasteiger charge is -2.31. The first-order chi connectivity index (χ1) is 6.65. The van der Waals surface area contributed by atoms with Crippen LogP contribution < -0.4 is 5.11 Å². The zero-order valence-electron chi connectivity index (χ0n) is 8.19. The number of likely N-dealkylation sites (tertiary alicyclic amines) is 1.